The lowest BCUT2D eigenvalue weighted by atomic mass is 10.1. The van der Waals surface area contributed by atoms with Gasteiger partial charge in [-0.3, -0.25) is 4.79 Å². The van der Waals surface area contributed by atoms with Crippen LogP contribution in [-0.4, -0.2) is 27.4 Å². The number of carbonyl (C=O) groups is 1. The van der Waals surface area contributed by atoms with Crippen molar-refractivity contribution in [3.05, 3.63) is 89.9 Å². The predicted octanol–water partition coefficient (Wildman–Crippen LogP) is 3.81. The molecule has 6 nitrogen and oxygen atoms in total. The smallest absolute Gasteiger partial charge is 0.257 e. The summed E-state index contributed by atoms with van der Waals surface area (Å²) in [5.41, 5.74) is 4.06. The Morgan fingerprint density at radius 1 is 1.07 bits per heavy atom. The maximum absolute atomic E-state index is 12.7. The minimum atomic E-state index is -0.175. The molecular weight excluding hydrogens is 352 g/mol. The Labute approximate surface area is 162 Å². The highest BCUT2D eigenvalue weighted by atomic mass is 16.5. The molecule has 1 amide bonds. The monoisotopic (exact) mass is 372 g/mol. The topological polar surface area (TPSA) is 73.0 Å². The average molecular weight is 372 g/mol. The summed E-state index contributed by atoms with van der Waals surface area (Å²) in [7, 11) is 0. The molecule has 0 saturated heterocycles. The summed E-state index contributed by atoms with van der Waals surface area (Å²) < 4.78 is 7.08. The van der Waals surface area contributed by atoms with Gasteiger partial charge in [0.05, 0.1) is 5.69 Å². The normalized spacial score (nSPS) is 10.8. The lowest BCUT2D eigenvalue weighted by Gasteiger charge is -2.07. The van der Waals surface area contributed by atoms with Crippen molar-refractivity contribution in [1.82, 2.24) is 20.3 Å². The fraction of sp³-hybridized carbons (Fsp3) is 0.136. The number of aromatic nitrogens is 3. The number of nitrogens with one attached hydrogen (secondary N) is 1. The van der Waals surface area contributed by atoms with E-state index in [2.05, 4.69) is 15.6 Å². The molecular formula is C22H20N4O2. The molecule has 2 aromatic carbocycles. The molecule has 6 heteroatoms. The van der Waals surface area contributed by atoms with E-state index in [4.69, 9.17) is 4.52 Å². The quantitative estimate of drug-likeness (QED) is 0.559. The Bertz CT molecular complexity index is 1050. The Balaban J connectivity index is 1.40. The summed E-state index contributed by atoms with van der Waals surface area (Å²) in [6.45, 7) is 2.28. The first-order chi connectivity index (χ1) is 13.7. The maximum Gasteiger partial charge on any atom is 0.257 e. The first kappa shape index (κ1) is 17.7. The molecule has 1 N–H and O–H groups in total. The molecule has 0 spiro atoms. The maximum atomic E-state index is 12.7. The summed E-state index contributed by atoms with van der Waals surface area (Å²) in [5, 5.41) is 11.2. The van der Waals surface area contributed by atoms with E-state index < -0.39 is 0 Å². The number of aryl methyl sites for hydroxylation is 1. The highest BCUT2D eigenvalue weighted by Crippen LogP contribution is 2.24. The first-order valence-electron chi connectivity index (χ1n) is 9.11. The number of amides is 1. The van der Waals surface area contributed by atoms with Gasteiger partial charge in [-0.1, -0.05) is 47.6 Å². The van der Waals surface area contributed by atoms with Crippen molar-refractivity contribution in [3.8, 4) is 16.9 Å². The van der Waals surface area contributed by atoms with Gasteiger partial charge >= 0.3 is 0 Å². The lowest BCUT2D eigenvalue weighted by Crippen LogP contribution is -2.26. The van der Waals surface area contributed by atoms with Gasteiger partial charge in [-0.25, -0.2) is 4.68 Å². The molecule has 4 rings (SSSR count). The largest absolute Gasteiger partial charge is 0.360 e. The third-order valence-corrected chi connectivity index (χ3v) is 4.54. The highest BCUT2D eigenvalue weighted by molar-refractivity contribution is 6.00. The minimum Gasteiger partial charge on any atom is -0.360 e. The van der Waals surface area contributed by atoms with Crippen molar-refractivity contribution >= 4 is 5.91 Å². The summed E-state index contributed by atoms with van der Waals surface area (Å²) >= 11 is 0. The molecule has 2 heterocycles. The van der Waals surface area contributed by atoms with Crippen molar-refractivity contribution in [2.75, 3.05) is 6.54 Å². The van der Waals surface area contributed by atoms with E-state index in [0.29, 0.717) is 23.6 Å². The first-order valence-corrected chi connectivity index (χ1v) is 9.11. The molecule has 0 unspecified atom stereocenters. The van der Waals surface area contributed by atoms with Crippen LogP contribution in [0.3, 0.4) is 0 Å². The number of benzene rings is 2. The zero-order chi connectivity index (χ0) is 19.3. The van der Waals surface area contributed by atoms with E-state index in [1.54, 1.807) is 13.1 Å². The molecule has 0 atom stereocenters. The van der Waals surface area contributed by atoms with Crippen LogP contribution in [0.2, 0.25) is 0 Å². The van der Waals surface area contributed by atoms with Gasteiger partial charge in [0.25, 0.3) is 5.91 Å². The molecule has 0 aliphatic carbocycles. The molecule has 4 aromatic rings. The van der Waals surface area contributed by atoms with Crippen LogP contribution in [0.5, 0.6) is 0 Å². The molecule has 2 aromatic heterocycles. The predicted molar refractivity (Wildman–Crippen MR) is 106 cm³/mol. The van der Waals surface area contributed by atoms with Gasteiger partial charge in [0.2, 0.25) is 0 Å². The van der Waals surface area contributed by atoms with E-state index in [9.17, 15) is 4.79 Å². The van der Waals surface area contributed by atoms with Gasteiger partial charge in [0.1, 0.15) is 17.0 Å². The van der Waals surface area contributed by atoms with Gasteiger partial charge in [-0.2, -0.15) is 5.10 Å². The van der Waals surface area contributed by atoms with Gasteiger partial charge < -0.3 is 9.84 Å². The van der Waals surface area contributed by atoms with E-state index in [0.717, 1.165) is 23.2 Å². The van der Waals surface area contributed by atoms with E-state index in [-0.39, 0.29) is 5.91 Å². The molecule has 0 fully saturated rings. The van der Waals surface area contributed by atoms with Crippen LogP contribution in [0.25, 0.3) is 16.9 Å². The van der Waals surface area contributed by atoms with Crippen LogP contribution in [0.15, 0.2) is 77.6 Å². The standard InChI is InChI=1S/C22H20N4O2/c1-16-20(21(25-28-16)18-6-3-2-4-7-18)22(27)23-14-12-17-8-10-19(11-9-17)26-15-5-13-24-26/h2-11,13,15H,12,14H2,1H3,(H,23,27). The SMILES string of the molecule is Cc1onc(-c2ccccc2)c1C(=O)NCCc1ccc(-n2cccn2)cc1. The third kappa shape index (κ3) is 3.71. The Hall–Kier alpha value is -3.67. The van der Waals surface area contributed by atoms with Gasteiger partial charge in [-0.15, -0.1) is 0 Å². The summed E-state index contributed by atoms with van der Waals surface area (Å²) in [5.74, 6) is 0.339. The number of rotatable bonds is 6. The van der Waals surface area contributed by atoms with Crippen LogP contribution >= 0.6 is 0 Å². The fourth-order valence-corrected chi connectivity index (χ4v) is 3.08. The third-order valence-electron chi connectivity index (χ3n) is 4.54. The van der Waals surface area contributed by atoms with Crippen molar-refractivity contribution in [1.29, 1.82) is 0 Å². The summed E-state index contributed by atoms with van der Waals surface area (Å²) in [4.78, 5) is 12.7. The molecule has 0 aliphatic heterocycles. The van der Waals surface area contributed by atoms with E-state index >= 15 is 0 Å². The minimum absolute atomic E-state index is 0.175. The van der Waals surface area contributed by atoms with Gasteiger partial charge in [0.15, 0.2) is 0 Å². The van der Waals surface area contributed by atoms with Gasteiger partial charge in [-0.05, 0) is 37.1 Å². The van der Waals surface area contributed by atoms with Crippen molar-refractivity contribution in [3.63, 3.8) is 0 Å². The Morgan fingerprint density at radius 2 is 1.86 bits per heavy atom. The second-order valence-corrected chi connectivity index (χ2v) is 6.45. The highest BCUT2D eigenvalue weighted by Gasteiger charge is 2.21. The zero-order valence-electron chi connectivity index (χ0n) is 15.5. The van der Waals surface area contributed by atoms with E-state index in [1.165, 1.54) is 0 Å². The van der Waals surface area contributed by atoms with Crippen molar-refractivity contribution < 1.29 is 9.32 Å². The summed E-state index contributed by atoms with van der Waals surface area (Å²) in [6, 6.07) is 19.6. The number of nitrogens with zero attached hydrogens (tertiary/aromatic N) is 3. The van der Waals surface area contributed by atoms with Crippen LogP contribution in [0.4, 0.5) is 0 Å². The zero-order valence-corrected chi connectivity index (χ0v) is 15.5. The number of carbonyl (C=O) groups excluding carboxylic acids is 1. The molecule has 0 saturated carbocycles. The van der Waals surface area contributed by atoms with Crippen LogP contribution in [0.1, 0.15) is 21.7 Å². The van der Waals surface area contributed by atoms with Crippen LogP contribution in [0, 0.1) is 6.92 Å². The lowest BCUT2D eigenvalue weighted by molar-refractivity contribution is 0.0953. The Morgan fingerprint density at radius 3 is 2.57 bits per heavy atom. The molecule has 28 heavy (non-hydrogen) atoms. The molecule has 0 bridgehead atoms. The van der Waals surface area contributed by atoms with Crippen LogP contribution < -0.4 is 5.32 Å². The van der Waals surface area contributed by atoms with Crippen molar-refractivity contribution in [2.45, 2.75) is 13.3 Å². The second kappa shape index (κ2) is 7.92. The second-order valence-electron chi connectivity index (χ2n) is 6.45. The molecule has 0 radical (unpaired) electrons. The fourth-order valence-electron chi connectivity index (χ4n) is 3.08. The van der Waals surface area contributed by atoms with Crippen molar-refractivity contribution in [2.24, 2.45) is 0 Å². The molecule has 140 valence electrons. The Kier molecular flexibility index (Phi) is 5.01. The summed E-state index contributed by atoms with van der Waals surface area (Å²) in [6.07, 6.45) is 4.39. The average Bonchev–Trinajstić information content (AvgIpc) is 3.39. The number of hydrogen-bond acceptors (Lipinski definition) is 4. The number of hydrogen-bond donors (Lipinski definition) is 1. The van der Waals surface area contributed by atoms with E-state index in [1.807, 2.05) is 71.5 Å². The van der Waals surface area contributed by atoms with Gasteiger partial charge in [0, 0.05) is 24.5 Å². The molecule has 0 aliphatic rings. The van der Waals surface area contributed by atoms with Crippen LogP contribution in [-0.2, 0) is 6.42 Å².